The third-order valence-electron chi connectivity index (χ3n) is 2.45. The number of esters is 1. The van der Waals surface area contributed by atoms with Crippen LogP contribution in [0.4, 0.5) is 4.79 Å². The Morgan fingerprint density at radius 1 is 1.28 bits per heavy atom. The molecule has 1 saturated heterocycles. The van der Waals surface area contributed by atoms with E-state index in [1.165, 1.54) is 6.92 Å². The highest BCUT2D eigenvalue weighted by molar-refractivity contribution is 5.70. The number of rotatable bonds is 1. The van der Waals surface area contributed by atoms with Gasteiger partial charge in [-0.05, 0) is 33.6 Å². The number of nitrogens with zero attached hydrogens (tertiary/aromatic N) is 1. The predicted octanol–water partition coefficient (Wildman–Crippen LogP) is 1.61. The lowest BCUT2D eigenvalue weighted by Gasteiger charge is -2.38. The topological polar surface area (TPSA) is 76.1 Å². The van der Waals surface area contributed by atoms with Crippen LogP contribution >= 0.6 is 0 Å². The number of aliphatic hydroxyl groups excluding tert-OH is 1. The summed E-state index contributed by atoms with van der Waals surface area (Å²) in [7, 11) is 0. The summed E-state index contributed by atoms with van der Waals surface area (Å²) >= 11 is 0. The number of amides is 1. The lowest BCUT2D eigenvalue weighted by atomic mass is 10.1. The first kappa shape index (κ1) is 14.8. The highest BCUT2D eigenvalue weighted by Gasteiger charge is 2.37. The zero-order chi connectivity index (χ0) is 13.9. The third-order valence-corrected chi connectivity index (χ3v) is 2.45. The number of carbonyl (C=O) groups excluding carboxylic acids is 2. The van der Waals surface area contributed by atoms with Gasteiger partial charge in [-0.15, -0.1) is 0 Å². The Morgan fingerprint density at radius 3 is 2.39 bits per heavy atom. The van der Waals surface area contributed by atoms with Crippen molar-refractivity contribution < 1.29 is 24.2 Å². The van der Waals surface area contributed by atoms with E-state index in [1.54, 1.807) is 20.8 Å². The van der Waals surface area contributed by atoms with E-state index >= 15 is 0 Å². The SMILES string of the molecule is CC(=O)OC1CCC[C@H](O)N1C(=O)OC(C)(C)C. The first-order valence-electron chi connectivity index (χ1n) is 6.07. The van der Waals surface area contributed by atoms with E-state index in [9.17, 15) is 14.7 Å². The lowest BCUT2D eigenvalue weighted by Crippen LogP contribution is -2.53. The molecule has 1 unspecified atom stereocenters. The fourth-order valence-electron chi connectivity index (χ4n) is 1.81. The van der Waals surface area contributed by atoms with Crippen LogP contribution in [0.15, 0.2) is 0 Å². The molecule has 0 aromatic carbocycles. The largest absolute Gasteiger partial charge is 0.444 e. The summed E-state index contributed by atoms with van der Waals surface area (Å²) < 4.78 is 10.2. The number of hydrogen-bond donors (Lipinski definition) is 1. The molecule has 0 saturated carbocycles. The average molecular weight is 259 g/mol. The Balaban J connectivity index is 2.77. The van der Waals surface area contributed by atoms with Crippen LogP contribution in [0.2, 0.25) is 0 Å². The van der Waals surface area contributed by atoms with Gasteiger partial charge in [0.2, 0.25) is 0 Å². The minimum Gasteiger partial charge on any atom is -0.444 e. The van der Waals surface area contributed by atoms with Gasteiger partial charge < -0.3 is 14.6 Å². The molecule has 1 aliphatic rings. The zero-order valence-corrected chi connectivity index (χ0v) is 11.3. The molecule has 0 aliphatic carbocycles. The highest BCUT2D eigenvalue weighted by atomic mass is 16.6. The van der Waals surface area contributed by atoms with Gasteiger partial charge in [0.25, 0.3) is 0 Å². The Kier molecular flexibility index (Phi) is 4.56. The molecule has 1 fully saturated rings. The molecule has 0 aromatic heterocycles. The summed E-state index contributed by atoms with van der Waals surface area (Å²) in [6, 6.07) is 0. The number of aliphatic hydroxyl groups is 1. The van der Waals surface area contributed by atoms with E-state index in [1.807, 2.05) is 0 Å². The average Bonchev–Trinajstić information content (AvgIpc) is 2.13. The van der Waals surface area contributed by atoms with Gasteiger partial charge in [-0.2, -0.15) is 0 Å². The molecule has 1 N–H and O–H groups in total. The molecule has 0 aromatic rings. The predicted molar refractivity (Wildman–Crippen MR) is 63.5 cm³/mol. The van der Waals surface area contributed by atoms with Crippen LogP contribution in [-0.2, 0) is 14.3 Å². The van der Waals surface area contributed by atoms with Gasteiger partial charge in [-0.1, -0.05) is 0 Å². The standard InChI is InChI=1S/C12H21NO5/c1-8(14)17-10-7-5-6-9(15)13(10)11(16)18-12(2,3)4/h9-10,15H,5-7H2,1-4H3/t9-,10?/m0/s1. The molecule has 18 heavy (non-hydrogen) atoms. The van der Waals surface area contributed by atoms with E-state index in [-0.39, 0.29) is 0 Å². The maximum absolute atomic E-state index is 12.0. The Bertz CT molecular complexity index is 323. The van der Waals surface area contributed by atoms with Gasteiger partial charge in [0.1, 0.15) is 11.8 Å². The van der Waals surface area contributed by atoms with Gasteiger partial charge >= 0.3 is 12.1 Å². The van der Waals surface area contributed by atoms with Gasteiger partial charge in [-0.25, -0.2) is 9.69 Å². The quantitative estimate of drug-likeness (QED) is 0.724. The van der Waals surface area contributed by atoms with Gasteiger partial charge in [0, 0.05) is 13.3 Å². The minimum atomic E-state index is -0.974. The van der Waals surface area contributed by atoms with E-state index in [0.29, 0.717) is 19.3 Å². The van der Waals surface area contributed by atoms with Crippen LogP contribution in [-0.4, -0.2) is 40.1 Å². The number of piperidine rings is 1. The fraction of sp³-hybridized carbons (Fsp3) is 0.833. The van der Waals surface area contributed by atoms with Gasteiger partial charge in [0.05, 0.1) is 0 Å². The molecular weight excluding hydrogens is 238 g/mol. The highest BCUT2D eigenvalue weighted by Crippen LogP contribution is 2.25. The molecule has 104 valence electrons. The van der Waals surface area contributed by atoms with Crippen molar-refractivity contribution in [3.63, 3.8) is 0 Å². The Morgan fingerprint density at radius 2 is 1.89 bits per heavy atom. The lowest BCUT2D eigenvalue weighted by molar-refractivity contribution is -0.173. The molecule has 1 heterocycles. The molecule has 0 radical (unpaired) electrons. The number of likely N-dealkylation sites (tertiary alicyclic amines) is 1. The van der Waals surface area contributed by atoms with Crippen LogP contribution in [0.1, 0.15) is 47.0 Å². The summed E-state index contributed by atoms with van der Waals surface area (Å²) in [5.41, 5.74) is -0.658. The van der Waals surface area contributed by atoms with Crippen LogP contribution in [0.3, 0.4) is 0 Å². The van der Waals surface area contributed by atoms with E-state index in [4.69, 9.17) is 9.47 Å². The number of carbonyl (C=O) groups is 2. The summed E-state index contributed by atoms with van der Waals surface area (Å²) in [4.78, 5) is 24.1. The van der Waals surface area contributed by atoms with Crippen molar-refractivity contribution in [3.05, 3.63) is 0 Å². The van der Waals surface area contributed by atoms with Crippen molar-refractivity contribution >= 4 is 12.1 Å². The minimum absolute atomic E-state index is 0.455. The molecule has 6 nitrogen and oxygen atoms in total. The molecule has 1 rings (SSSR count). The summed E-state index contributed by atoms with van der Waals surface area (Å²) in [5.74, 6) is -0.484. The van der Waals surface area contributed by atoms with Crippen LogP contribution in [0.25, 0.3) is 0 Å². The molecule has 1 aliphatic heterocycles. The molecule has 1 amide bonds. The van der Waals surface area contributed by atoms with Crippen molar-refractivity contribution in [1.82, 2.24) is 4.90 Å². The number of ether oxygens (including phenoxy) is 2. The summed E-state index contributed by atoms with van der Waals surface area (Å²) in [6.07, 6.45) is -0.731. The number of hydrogen-bond acceptors (Lipinski definition) is 5. The van der Waals surface area contributed by atoms with Crippen molar-refractivity contribution in [2.45, 2.75) is 65.0 Å². The second-order valence-electron chi connectivity index (χ2n) is 5.36. The van der Waals surface area contributed by atoms with Gasteiger partial charge in [0.15, 0.2) is 6.23 Å². The maximum Gasteiger partial charge on any atom is 0.415 e. The van der Waals surface area contributed by atoms with Gasteiger partial charge in [-0.3, -0.25) is 4.79 Å². The molecule has 0 spiro atoms. The monoisotopic (exact) mass is 259 g/mol. The first-order chi connectivity index (χ1) is 8.20. The van der Waals surface area contributed by atoms with E-state index < -0.39 is 30.1 Å². The van der Waals surface area contributed by atoms with E-state index in [2.05, 4.69) is 0 Å². The Labute approximate surface area is 107 Å². The van der Waals surface area contributed by atoms with Crippen LogP contribution < -0.4 is 0 Å². The molecule has 0 bridgehead atoms. The molecule has 6 heteroatoms. The van der Waals surface area contributed by atoms with Crippen LogP contribution in [0, 0.1) is 0 Å². The molecule has 2 atom stereocenters. The maximum atomic E-state index is 12.0. The third kappa shape index (κ3) is 4.18. The van der Waals surface area contributed by atoms with Crippen molar-refractivity contribution in [1.29, 1.82) is 0 Å². The first-order valence-corrected chi connectivity index (χ1v) is 6.07. The summed E-state index contributed by atoms with van der Waals surface area (Å²) in [5, 5.41) is 9.85. The van der Waals surface area contributed by atoms with Crippen LogP contribution in [0.5, 0.6) is 0 Å². The normalized spacial score (nSPS) is 24.6. The fourth-order valence-corrected chi connectivity index (χ4v) is 1.81. The smallest absolute Gasteiger partial charge is 0.415 e. The summed E-state index contributed by atoms with van der Waals surface area (Å²) in [6.45, 7) is 6.49. The van der Waals surface area contributed by atoms with Crippen molar-refractivity contribution in [2.75, 3.05) is 0 Å². The van der Waals surface area contributed by atoms with Crippen molar-refractivity contribution in [2.24, 2.45) is 0 Å². The second-order valence-corrected chi connectivity index (χ2v) is 5.36. The van der Waals surface area contributed by atoms with E-state index in [0.717, 1.165) is 4.90 Å². The second kappa shape index (κ2) is 5.56. The van der Waals surface area contributed by atoms with Crippen molar-refractivity contribution in [3.8, 4) is 0 Å². The molecular formula is C12H21NO5. The zero-order valence-electron chi connectivity index (χ0n) is 11.3. The Hall–Kier alpha value is -1.30.